The number of Topliss-reactive ketones (excluding diaryl/α,β-unsaturated/α-hetero) is 2. The third kappa shape index (κ3) is 34.6. The number of carbonyl (C=O) groups excluding carboxylic acids is 9. The van der Waals surface area contributed by atoms with Crippen molar-refractivity contribution in [2.24, 2.45) is 40.6 Å². The molecule has 3 aromatic heterocycles. The summed E-state index contributed by atoms with van der Waals surface area (Å²) < 4.78 is 174. The van der Waals surface area contributed by atoms with Crippen LogP contribution in [0.15, 0.2) is 130 Å². The van der Waals surface area contributed by atoms with Crippen molar-refractivity contribution in [3.05, 3.63) is 133 Å². The Balaban J connectivity index is 0.000000463. The molecule has 3 heterocycles. The quantitative estimate of drug-likeness (QED) is 0.0156. The number of hydrogen-bond acceptors (Lipinski definition) is 34. The van der Waals surface area contributed by atoms with Crippen LogP contribution in [0.4, 0.5) is 10.8 Å². The maximum atomic E-state index is 12.1. The Labute approximate surface area is 672 Å². The molecule has 620 valence electrons. The molecule has 4 aromatic carbocycles. The third-order valence-electron chi connectivity index (χ3n) is 12.6. The number of anilines is 1. The number of ketones is 2. The molecule has 7 rings (SSSR count). The van der Waals surface area contributed by atoms with E-state index < -0.39 is 150 Å². The normalized spacial score (nSPS) is 11.6. The molecule has 0 aliphatic carbocycles. The fraction of sp³-hybridized carbons (Fsp3) is 0.361. The summed E-state index contributed by atoms with van der Waals surface area (Å²) in [6.45, 7) is 21.5. The lowest BCUT2D eigenvalue weighted by Gasteiger charge is -2.10. The smallest absolute Gasteiger partial charge is 0.293 e. The number of aromatic nitrogens is 6. The number of halogens is 2. The maximum absolute atomic E-state index is 12.1. The van der Waals surface area contributed by atoms with Crippen LogP contribution in [0, 0.1) is 45.6 Å². The molecule has 0 bridgehead atoms. The number of nitro benzene ring substituents is 1. The highest BCUT2D eigenvalue weighted by Crippen LogP contribution is 2.25. The Hall–Kier alpha value is -9.22. The first-order valence-corrected chi connectivity index (χ1v) is 45.5. The van der Waals surface area contributed by atoms with Crippen molar-refractivity contribution in [3.8, 4) is 0 Å². The van der Waals surface area contributed by atoms with Crippen molar-refractivity contribution in [1.29, 1.82) is 0 Å². The van der Waals surface area contributed by atoms with Gasteiger partial charge >= 0.3 is 0 Å². The van der Waals surface area contributed by atoms with Crippen molar-refractivity contribution >= 4 is 191 Å². The van der Waals surface area contributed by atoms with Crippen molar-refractivity contribution in [2.75, 3.05) is 5.32 Å². The topological polar surface area (TPSA) is 623 Å². The van der Waals surface area contributed by atoms with E-state index in [0.717, 1.165) is 65.1 Å². The van der Waals surface area contributed by atoms with Crippen LogP contribution in [0.5, 0.6) is 0 Å². The van der Waals surface area contributed by atoms with Gasteiger partial charge in [0.25, 0.3) is 78.8 Å². The van der Waals surface area contributed by atoms with Gasteiger partial charge in [-0.05, 0) is 73.7 Å². The maximum Gasteiger partial charge on any atom is 0.293 e. The molecule has 0 aliphatic rings. The van der Waals surface area contributed by atoms with Gasteiger partial charge < -0.3 is 5.32 Å². The van der Waals surface area contributed by atoms with Crippen LogP contribution >= 0.6 is 57.2 Å². The molecule has 0 spiro atoms. The van der Waals surface area contributed by atoms with E-state index in [2.05, 4.69) is 35.9 Å². The van der Waals surface area contributed by atoms with Crippen LogP contribution < -0.4 is 38.8 Å². The van der Waals surface area contributed by atoms with Gasteiger partial charge in [0, 0.05) is 70.2 Å². The molecule has 0 atom stereocenters. The average Bonchev–Trinajstić information content (AvgIpc) is 1.57. The van der Waals surface area contributed by atoms with Gasteiger partial charge in [0.1, 0.15) is 15.8 Å². The summed E-state index contributed by atoms with van der Waals surface area (Å²) >= 11 is 13.6. The van der Waals surface area contributed by atoms with Crippen molar-refractivity contribution in [3.63, 3.8) is 0 Å². The van der Waals surface area contributed by atoms with E-state index in [1.54, 1.807) is 112 Å². The summed E-state index contributed by atoms with van der Waals surface area (Å²) in [5, 5.41) is 39.8. The van der Waals surface area contributed by atoms with E-state index in [-0.39, 0.29) is 79.9 Å². The molecule has 40 nitrogen and oxygen atoms in total. The summed E-state index contributed by atoms with van der Waals surface area (Å²) in [5.41, 5.74) is 0.219. The van der Waals surface area contributed by atoms with Crippen LogP contribution in [-0.4, -0.2) is 147 Å². The number of non-ortho nitro benzene ring substituents is 1. The summed E-state index contributed by atoms with van der Waals surface area (Å²) in [7, 11) is -28.1. The molecule has 9 N–H and O–H groups in total. The number of nitro groups is 1. The number of amides is 7. The number of sulfonamides is 7. The minimum atomic E-state index is -4.21. The second kappa shape index (κ2) is 43.3. The lowest BCUT2D eigenvalue weighted by Crippen LogP contribution is -2.33. The highest BCUT2D eigenvalue weighted by molar-refractivity contribution is 7.93. The summed E-state index contributed by atoms with van der Waals surface area (Å²) in [6.07, 6.45) is -0.0573. The molecule has 0 saturated heterocycles. The van der Waals surface area contributed by atoms with Gasteiger partial charge in [0.05, 0.1) is 37.3 Å². The van der Waals surface area contributed by atoms with Gasteiger partial charge in [-0.25, -0.2) is 67.1 Å². The van der Waals surface area contributed by atoms with Crippen molar-refractivity contribution in [1.82, 2.24) is 58.9 Å². The molecule has 0 fully saturated rings. The van der Waals surface area contributed by atoms with Crippen LogP contribution in [0.1, 0.15) is 117 Å². The summed E-state index contributed by atoms with van der Waals surface area (Å²) in [5.74, 6) is -7.29. The number of hydrogen-bond donors (Lipinski definition) is 8. The number of nitrogens with two attached hydrogens (primary N) is 1. The van der Waals surface area contributed by atoms with Crippen molar-refractivity contribution < 1.29 is 107 Å². The number of nitrogens with zero attached hydrogens (tertiary/aromatic N) is 7. The van der Waals surface area contributed by atoms with Crippen LogP contribution in [0.25, 0.3) is 0 Å². The Bertz CT molecular complexity index is 5350. The molecule has 7 aromatic rings. The SMILES string of the molecule is CC(=O)Cc1nnc(S(=O)(=O)NC(=O)C(C)C)s1.CC(=O)Nc1nnc(S(=O)(=O)NC(=O)C(C)C)s1.CC(C)C(=O)NS(=O)(=O)c1cc(Cl)cc(S(N)(=O)=O)c1.CC(C)C(=O)NS(=O)(=O)c1ccc([N+](=O)[O-])cc1.CC(C)C(=O)NS(=O)(=O)c1ccccc1.CC(C)C(=O)NS(=O)(=O)c1nnc(CC(=O)c2ccc(Cl)cc2)s1. The lowest BCUT2D eigenvalue weighted by atomic mass is 10.1. The molecule has 7 amide bonds. The predicted octanol–water partition coefficient (Wildman–Crippen LogP) is 4.82. The second-order valence-corrected chi connectivity index (χ2v) is 40.6. The van der Waals surface area contributed by atoms with E-state index in [9.17, 15) is 112 Å². The average molecular weight is 1810 g/mol. The third-order valence-corrected chi connectivity index (χ3v) is 25.8. The molecule has 0 radical (unpaired) electrons. The molecule has 0 unspecified atom stereocenters. The van der Waals surface area contributed by atoms with Gasteiger partial charge in [-0.3, -0.25) is 53.3 Å². The van der Waals surface area contributed by atoms with Crippen molar-refractivity contribution in [2.45, 2.75) is 142 Å². The van der Waals surface area contributed by atoms with Gasteiger partial charge in [0.15, 0.2) is 5.78 Å². The molecule has 0 aliphatic heterocycles. The highest BCUT2D eigenvalue weighted by atomic mass is 35.5. The second-order valence-electron chi connectivity index (χ2n) is 24.4. The largest absolute Gasteiger partial charge is 0.301 e. The predicted molar refractivity (Wildman–Crippen MR) is 411 cm³/mol. The van der Waals surface area contributed by atoms with Crippen LogP contribution in [-0.2, 0) is 121 Å². The molecular formula is C61H77Cl2N15O25S10. The van der Waals surface area contributed by atoms with E-state index in [4.69, 9.17) is 28.3 Å². The monoisotopic (exact) mass is 1810 g/mol. The zero-order valence-electron chi connectivity index (χ0n) is 61.9. The van der Waals surface area contributed by atoms with Gasteiger partial charge in [-0.2, -0.15) is 25.3 Å². The molecule has 0 saturated carbocycles. The molecule has 113 heavy (non-hydrogen) atoms. The minimum absolute atomic E-state index is 0.0330. The fourth-order valence-corrected chi connectivity index (χ4v) is 17.5. The zero-order chi connectivity index (χ0) is 86.9. The van der Waals surface area contributed by atoms with Crippen LogP contribution in [0.3, 0.4) is 0 Å². The summed E-state index contributed by atoms with van der Waals surface area (Å²) in [4.78, 5) is 111. The Kier molecular flexibility index (Phi) is 38.3. The standard InChI is InChI=1S/C14H14ClN3O4S2.C10H13ClN2O5S2.C10H12N2O5S.C10H13NO3S.C9H13N3O4S2.C8H12N4O4S2/c1-8(2)13(20)18-24(21,22)14-17-16-12(23-14)7-11(19)9-3-5-10(15)6-4-9;1-6(2)10(14)13-20(17,18)9-4-7(11)3-8(5-9)19(12,15)16;1-7(2)10(13)11-18(16,17)9-5-3-8(4-6-9)12(14)15;1-8(2)10(12)11-15(13,14)9-6-4-3-5-7-9;1-5(2)8(14)12-18(15,16)9-11-10-7(17-9)4-6(3)13;1-4(2)6(14)12-18(15,16)8-11-10-7(17-8)9-5(3)13/h3-6,8H,7H2,1-2H3,(H,18,20);3-6H,1-2H3,(H,13,14)(H2,12,15,16);3-7H,1-2H3,(H,11,13);3-8H,1-2H3,(H,11,12);5H,4H2,1-3H3,(H,12,14);4H,1-3H3,(H,12,14)(H,9,10,13). The van der Waals surface area contributed by atoms with E-state index >= 15 is 0 Å². The zero-order valence-corrected chi connectivity index (χ0v) is 71.5. The molecule has 52 heteroatoms. The fourth-order valence-electron chi connectivity index (χ4n) is 6.46. The highest BCUT2D eigenvalue weighted by Gasteiger charge is 2.29. The van der Waals surface area contributed by atoms with E-state index in [1.807, 2.05) is 28.3 Å². The molecular weight excluding hydrogens is 1730 g/mol. The number of benzene rings is 4. The van der Waals surface area contributed by atoms with Gasteiger partial charge in [0.2, 0.25) is 56.5 Å². The number of nitrogens with one attached hydrogen (secondary N) is 7. The number of primary sulfonamides is 1. The minimum Gasteiger partial charge on any atom is -0.301 e. The Morgan fingerprint density at radius 3 is 1.08 bits per heavy atom. The number of rotatable bonds is 26. The van der Waals surface area contributed by atoms with Gasteiger partial charge in [-0.15, -0.1) is 30.6 Å². The van der Waals surface area contributed by atoms with E-state index in [1.165, 1.54) is 39.8 Å². The van der Waals surface area contributed by atoms with Gasteiger partial charge in [-0.1, -0.05) is 158 Å². The Morgan fingerprint density at radius 2 is 0.735 bits per heavy atom. The lowest BCUT2D eigenvalue weighted by molar-refractivity contribution is -0.384. The van der Waals surface area contributed by atoms with Crippen LogP contribution in [0.2, 0.25) is 10.0 Å². The van der Waals surface area contributed by atoms with E-state index in [0.29, 0.717) is 26.9 Å². The first-order chi connectivity index (χ1) is 51.7. The number of carbonyl (C=O) groups is 9. The summed E-state index contributed by atoms with van der Waals surface area (Å²) in [6, 6.07) is 21.3. The first-order valence-electron chi connectivity index (χ1n) is 31.8. The first kappa shape index (κ1) is 99.9. The Morgan fingerprint density at radius 1 is 0.407 bits per heavy atom.